The number of aliphatic carboxylic acids is 1. The second-order valence-electron chi connectivity index (χ2n) is 4.37. The van der Waals surface area contributed by atoms with Crippen molar-refractivity contribution in [2.24, 2.45) is 5.41 Å². The third kappa shape index (κ3) is 2.92. The number of aromatic nitrogens is 1. The van der Waals surface area contributed by atoms with Gasteiger partial charge in [-0.15, -0.1) is 11.3 Å². The molecule has 1 aromatic heterocycles. The van der Waals surface area contributed by atoms with Crippen molar-refractivity contribution in [3.05, 3.63) is 11.1 Å². The van der Waals surface area contributed by atoms with Crippen LogP contribution in [0.4, 0.5) is 5.13 Å². The van der Waals surface area contributed by atoms with Crippen molar-refractivity contribution in [1.82, 2.24) is 4.98 Å². The van der Waals surface area contributed by atoms with Gasteiger partial charge in [0.15, 0.2) is 5.13 Å². The van der Waals surface area contributed by atoms with Gasteiger partial charge in [-0.25, -0.2) is 4.98 Å². The first-order valence-electron chi connectivity index (χ1n) is 4.68. The molecule has 1 rings (SSSR count). The minimum absolute atomic E-state index is 0.522. The summed E-state index contributed by atoms with van der Waals surface area (Å²) in [5, 5.41) is 9.90. The van der Waals surface area contributed by atoms with Crippen LogP contribution in [0.3, 0.4) is 0 Å². The number of rotatable bonds is 4. The summed E-state index contributed by atoms with van der Waals surface area (Å²) in [5.41, 5.74) is -0.726. The second kappa shape index (κ2) is 4.18. The Bertz CT molecular complexity index is 358. The molecule has 1 aromatic rings. The summed E-state index contributed by atoms with van der Waals surface area (Å²) in [4.78, 5) is 18.1. The molecule has 0 radical (unpaired) electrons. The third-order valence-corrected chi connectivity index (χ3v) is 3.28. The zero-order valence-corrected chi connectivity index (χ0v) is 10.3. The van der Waals surface area contributed by atoms with Gasteiger partial charge >= 0.3 is 5.97 Å². The minimum Gasteiger partial charge on any atom is -0.481 e. The van der Waals surface area contributed by atoms with E-state index in [2.05, 4.69) is 4.98 Å². The third-order valence-electron chi connectivity index (χ3n) is 2.12. The molecule has 0 spiro atoms. The molecule has 0 unspecified atom stereocenters. The molecule has 1 heterocycles. The van der Waals surface area contributed by atoms with E-state index < -0.39 is 11.4 Å². The highest BCUT2D eigenvalue weighted by Gasteiger charge is 2.28. The lowest BCUT2D eigenvalue weighted by Crippen LogP contribution is -2.25. The molecule has 0 fully saturated rings. The lowest BCUT2D eigenvalue weighted by Gasteiger charge is -2.17. The van der Waals surface area contributed by atoms with Gasteiger partial charge in [-0.3, -0.25) is 4.79 Å². The van der Waals surface area contributed by atoms with Gasteiger partial charge in [-0.1, -0.05) is 0 Å². The Morgan fingerprint density at radius 3 is 2.60 bits per heavy atom. The van der Waals surface area contributed by atoms with Crippen LogP contribution in [0.25, 0.3) is 0 Å². The molecular weight excluding hydrogens is 212 g/mol. The Morgan fingerprint density at radius 1 is 1.60 bits per heavy atom. The van der Waals surface area contributed by atoms with Gasteiger partial charge in [-0.05, 0) is 20.3 Å². The molecule has 0 aliphatic carbocycles. The van der Waals surface area contributed by atoms with Crippen LogP contribution < -0.4 is 4.90 Å². The Hall–Kier alpha value is -1.10. The maximum absolute atomic E-state index is 10.9. The molecule has 0 aliphatic rings. The van der Waals surface area contributed by atoms with E-state index in [0.29, 0.717) is 6.42 Å². The smallest absolute Gasteiger partial charge is 0.309 e. The monoisotopic (exact) mass is 228 g/mol. The number of carbonyl (C=O) groups is 1. The van der Waals surface area contributed by atoms with E-state index in [9.17, 15) is 4.79 Å². The molecule has 4 nitrogen and oxygen atoms in total. The van der Waals surface area contributed by atoms with Crippen LogP contribution in [0.5, 0.6) is 0 Å². The number of carboxylic acids is 1. The molecule has 1 N–H and O–H groups in total. The maximum Gasteiger partial charge on any atom is 0.309 e. The summed E-state index contributed by atoms with van der Waals surface area (Å²) in [6.07, 6.45) is 2.28. The van der Waals surface area contributed by atoms with Crippen LogP contribution in [0.1, 0.15) is 18.7 Å². The van der Waals surface area contributed by atoms with Gasteiger partial charge in [-0.2, -0.15) is 0 Å². The van der Waals surface area contributed by atoms with E-state index in [1.165, 1.54) is 11.3 Å². The zero-order chi connectivity index (χ0) is 11.6. The van der Waals surface area contributed by atoms with E-state index in [1.54, 1.807) is 20.0 Å². The molecule has 0 atom stereocenters. The van der Waals surface area contributed by atoms with Crippen molar-refractivity contribution in [2.45, 2.75) is 20.3 Å². The molecule has 5 heteroatoms. The molecule has 0 amide bonds. The van der Waals surface area contributed by atoms with Gasteiger partial charge < -0.3 is 10.0 Å². The van der Waals surface area contributed by atoms with Crippen LogP contribution in [0, 0.1) is 5.41 Å². The molecule has 0 aromatic carbocycles. The summed E-state index contributed by atoms with van der Waals surface area (Å²) in [6, 6.07) is 0. The molecule has 0 saturated heterocycles. The number of nitrogens with zero attached hydrogens (tertiary/aromatic N) is 2. The molecule has 15 heavy (non-hydrogen) atoms. The normalized spacial score (nSPS) is 11.5. The van der Waals surface area contributed by atoms with E-state index in [4.69, 9.17) is 5.11 Å². The average molecular weight is 228 g/mol. The van der Waals surface area contributed by atoms with Crippen LogP contribution in [-0.2, 0) is 11.2 Å². The number of carboxylic acid groups (broad SMARTS) is 1. The van der Waals surface area contributed by atoms with E-state index in [0.717, 1.165) is 10.0 Å². The lowest BCUT2D eigenvalue weighted by atomic mass is 9.89. The average Bonchev–Trinajstić information content (AvgIpc) is 2.51. The van der Waals surface area contributed by atoms with Gasteiger partial charge in [0.25, 0.3) is 0 Å². The summed E-state index contributed by atoms with van der Waals surface area (Å²) in [5.74, 6) is -0.776. The number of anilines is 1. The van der Waals surface area contributed by atoms with Gasteiger partial charge in [0.2, 0.25) is 0 Å². The largest absolute Gasteiger partial charge is 0.481 e. The van der Waals surface area contributed by atoms with Gasteiger partial charge in [0.05, 0.1) is 5.41 Å². The van der Waals surface area contributed by atoms with Crippen molar-refractivity contribution < 1.29 is 9.90 Å². The first kappa shape index (κ1) is 12.0. The zero-order valence-electron chi connectivity index (χ0n) is 9.44. The fourth-order valence-corrected chi connectivity index (χ4v) is 2.16. The highest BCUT2D eigenvalue weighted by molar-refractivity contribution is 7.15. The molecule has 0 aliphatic heterocycles. The van der Waals surface area contributed by atoms with Gasteiger partial charge in [0.1, 0.15) is 0 Å². The fourth-order valence-electron chi connectivity index (χ4n) is 1.10. The van der Waals surface area contributed by atoms with Crippen molar-refractivity contribution >= 4 is 22.4 Å². The first-order valence-corrected chi connectivity index (χ1v) is 5.50. The second-order valence-corrected chi connectivity index (χ2v) is 5.46. The van der Waals surface area contributed by atoms with E-state index in [1.807, 2.05) is 19.0 Å². The molecular formula is C10H16N2O2S. The number of hydrogen-bond donors (Lipinski definition) is 1. The van der Waals surface area contributed by atoms with Crippen LogP contribution >= 0.6 is 11.3 Å². The van der Waals surface area contributed by atoms with E-state index in [-0.39, 0.29) is 0 Å². The highest BCUT2D eigenvalue weighted by Crippen LogP contribution is 2.28. The summed E-state index contributed by atoms with van der Waals surface area (Å²) < 4.78 is 0. The Kier molecular flexibility index (Phi) is 3.34. The van der Waals surface area contributed by atoms with Crippen LogP contribution in [0.2, 0.25) is 0 Å². The lowest BCUT2D eigenvalue weighted by molar-refractivity contribution is -0.146. The van der Waals surface area contributed by atoms with Crippen molar-refractivity contribution in [1.29, 1.82) is 0 Å². The van der Waals surface area contributed by atoms with Crippen molar-refractivity contribution in [3.63, 3.8) is 0 Å². The predicted octanol–water partition coefficient (Wildman–Crippen LogP) is 1.86. The maximum atomic E-state index is 10.9. The Labute approximate surface area is 93.6 Å². The molecule has 0 bridgehead atoms. The van der Waals surface area contributed by atoms with Crippen LogP contribution in [0.15, 0.2) is 6.20 Å². The quantitative estimate of drug-likeness (QED) is 0.854. The number of hydrogen-bond acceptors (Lipinski definition) is 4. The summed E-state index contributed by atoms with van der Waals surface area (Å²) in [7, 11) is 3.84. The standard InChI is InChI=1S/C10H16N2O2S/c1-10(2,8(13)14)5-7-6-11-9(15-7)12(3)4/h6H,5H2,1-4H3,(H,13,14). The van der Waals surface area contributed by atoms with E-state index >= 15 is 0 Å². The Balaban J connectivity index is 2.77. The summed E-state index contributed by atoms with van der Waals surface area (Å²) in [6.45, 7) is 3.45. The molecule has 84 valence electrons. The number of thiazole rings is 1. The van der Waals surface area contributed by atoms with Crippen molar-refractivity contribution in [2.75, 3.05) is 19.0 Å². The first-order chi connectivity index (χ1) is 6.83. The fraction of sp³-hybridized carbons (Fsp3) is 0.600. The highest BCUT2D eigenvalue weighted by atomic mass is 32.1. The van der Waals surface area contributed by atoms with Gasteiger partial charge in [0, 0.05) is 25.2 Å². The van der Waals surface area contributed by atoms with Crippen molar-refractivity contribution in [3.8, 4) is 0 Å². The summed E-state index contributed by atoms with van der Waals surface area (Å²) >= 11 is 1.54. The topological polar surface area (TPSA) is 53.4 Å². The molecule has 0 saturated carbocycles. The Morgan fingerprint density at radius 2 is 2.20 bits per heavy atom. The SMILES string of the molecule is CN(C)c1ncc(CC(C)(C)C(=O)O)s1. The predicted molar refractivity (Wildman–Crippen MR) is 61.6 cm³/mol. The minimum atomic E-state index is -0.776. The van der Waals surface area contributed by atoms with Crippen LogP contribution in [-0.4, -0.2) is 30.2 Å².